The molecule has 2 unspecified atom stereocenters. The van der Waals surface area contributed by atoms with Crippen LogP contribution < -0.4 is 0 Å². The number of hydrogen-bond donors (Lipinski definition) is 1. The van der Waals surface area contributed by atoms with E-state index in [1.807, 2.05) is 0 Å². The summed E-state index contributed by atoms with van der Waals surface area (Å²) >= 11 is 0. The number of aliphatic hydroxyl groups is 1. The first-order valence-electron chi connectivity index (χ1n) is 7.49. The van der Waals surface area contributed by atoms with Crippen LogP contribution in [0.5, 0.6) is 0 Å². The standard InChI is InChI=1S/C17H27NO/c1-5-17(4,18-10-6-7-11-18)16(19)15-12-13(2)8-9-14(15)3/h8-9,12,16,19H,5-7,10-11H2,1-4H3. The van der Waals surface area contributed by atoms with Crippen LogP contribution >= 0.6 is 0 Å². The van der Waals surface area contributed by atoms with Crippen LogP contribution in [0.2, 0.25) is 0 Å². The number of aliphatic hydroxyl groups excluding tert-OH is 1. The van der Waals surface area contributed by atoms with Crippen LogP contribution in [-0.4, -0.2) is 28.6 Å². The van der Waals surface area contributed by atoms with E-state index in [1.165, 1.54) is 24.0 Å². The van der Waals surface area contributed by atoms with Crippen molar-refractivity contribution in [3.05, 3.63) is 34.9 Å². The largest absolute Gasteiger partial charge is 0.386 e. The van der Waals surface area contributed by atoms with Gasteiger partial charge in [0, 0.05) is 5.54 Å². The van der Waals surface area contributed by atoms with E-state index in [0.717, 1.165) is 25.1 Å². The second kappa shape index (κ2) is 5.64. The van der Waals surface area contributed by atoms with Gasteiger partial charge in [-0.25, -0.2) is 0 Å². The monoisotopic (exact) mass is 261 g/mol. The molecule has 0 bridgehead atoms. The first-order chi connectivity index (χ1) is 8.99. The highest BCUT2D eigenvalue weighted by atomic mass is 16.3. The molecule has 1 fully saturated rings. The molecule has 2 nitrogen and oxygen atoms in total. The molecule has 1 aliphatic heterocycles. The Morgan fingerprint density at radius 3 is 2.47 bits per heavy atom. The van der Waals surface area contributed by atoms with Crippen LogP contribution in [-0.2, 0) is 0 Å². The van der Waals surface area contributed by atoms with Gasteiger partial charge >= 0.3 is 0 Å². The maximum absolute atomic E-state index is 11.0. The summed E-state index contributed by atoms with van der Waals surface area (Å²) in [6, 6.07) is 6.38. The van der Waals surface area contributed by atoms with Gasteiger partial charge in [0.25, 0.3) is 0 Å². The lowest BCUT2D eigenvalue weighted by atomic mass is 9.83. The molecule has 1 aromatic carbocycles. The third-order valence-corrected chi connectivity index (χ3v) is 4.86. The van der Waals surface area contributed by atoms with E-state index in [1.54, 1.807) is 0 Å². The third-order valence-electron chi connectivity index (χ3n) is 4.86. The molecule has 1 N–H and O–H groups in total. The Morgan fingerprint density at radius 2 is 1.89 bits per heavy atom. The lowest BCUT2D eigenvalue weighted by molar-refractivity contribution is -0.0143. The zero-order valence-electron chi connectivity index (χ0n) is 12.7. The van der Waals surface area contributed by atoms with Crippen LogP contribution in [0.25, 0.3) is 0 Å². The lowest BCUT2D eigenvalue weighted by Crippen LogP contribution is -2.49. The minimum absolute atomic E-state index is 0.144. The van der Waals surface area contributed by atoms with Gasteiger partial charge in [-0.2, -0.15) is 0 Å². The fraction of sp³-hybridized carbons (Fsp3) is 0.647. The van der Waals surface area contributed by atoms with Gasteiger partial charge in [-0.1, -0.05) is 30.7 Å². The van der Waals surface area contributed by atoms with Gasteiger partial charge in [-0.05, 0) is 64.3 Å². The highest BCUT2D eigenvalue weighted by molar-refractivity contribution is 5.34. The van der Waals surface area contributed by atoms with Crippen molar-refractivity contribution in [2.24, 2.45) is 0 Å². The van der Waals surface area contributed by atoms with E-state index >= 15 is 0 Å². The van der Waals surface area contributed by atoms with E-state index in [0.29, 0.717) is 0 Å². The Labute approximate surface area is 117 Å². The van der Waals surface area contributed by atoms with Gasteiger partial charge in [0.05, 0.1) is 6.10 Å². The molecule has 1 aromatic rings. The second-order valence-electron chi connectivity index (χ2n) is 6.17. The molecule has 1 saturated heterocycles. The number of likely N-dealkylation sites (tertiary alicyclic amines) is 1. The van der Waals surface area contributed by atoms with E-state index in [4.69, 9.17) is 0 Å². The van der Waals surface area contributed by atoms with E-state index in [9.17, 15) is 5.11 Å². The van der Waals surface area contributed by atoms with Gasteiger partial charge in [0.15, 0.2) is 0 Å². The molecule has 0 saturated carbocycles. The average molecular weight is 261 g/mol. The summed E-state index contributed by atoms with van der Waals surface area (Å²) in [5, 5.41) is 11.0. The molecular formula is C17H27NO. The van der Waals surface area contributed by atoms with Crippen LogP contribution in [0.3, 0.4) is 0 Å². The minimum Gasteiger partial charge on any atom is -0.386 e. The fourth-order valence-electron chi connectivity index (χ4n) is 3.21. The highest BCUT2D eigenvalue weighted by Crippen LogP contribution is 2.37. The summed E-state index contributed by atoms with van der Waals surface area (Å²) < 4.78 is 0. The summed E-state index contributed by atoms with van der Waals surface area (Å²) in [7, 11) is 0. The van der Waals surface area contributed by atoms with Gasteiger partial charge in [0.1, 0.15) is 0 Å². The van der Waals surface area contributed by atoms with Crippen molar-refractivity contribution in [3.8, 4) is 0 Å². The van der Waals surface area contributed by atoms with Gasteiger partial charge < -0.3 is 5.11 Å². The molecule has 1 heterocycles. The van der Waals surface area contributed by atoms with Crippen LogP contribution in [0, 0.1) is 13.8 Å². The Balaban J connectivity index is 2.34. The predicted octanol–water partition coefficient (Wildman–Crippen LogP) is 3.60. The number of rotatable bonds is 4. The Bertz CT molecular complexity index is 437. The molecule has 0 radical (unpaired) electrons. The summed E-state index contributed by atoms with van der Waals surface area (Å²) in [4.78, 5) is 2.47. The molecule has 2 atom stereocenters. The number of aryl methyl sites for hydroxylation is 2. The second-order valence-corrected chi connectivity index (χ2v) is 6.17. The summed E-state index contributed by atoms with van der Waals surface area (Å²) in [6.07, 6.45) is 3.08. The molecule has 0 spiro atoms. The average Bonchev–Trinajstić information content (AvgIpc) is 2.94. The first kappa shape index (κ1) is 14.5. The molecule has 2 heteroatoms. The Kier molecular flexibility index (Phi) is 4.32. The van der Waals surface area contributed by atoms with Crippen LogP contribution in [0.4, 0.5) is 0 Å². The van der Waals surface area contributed by atoms with Crippen molar-refractivity contribution < 1.29 is 5.11 Å². The Morgan fingerprint density at radius 1 is 1.26 bits per heavy atom. The van der Waals surface area contributed by atoms with Crippen molar-refractivity contribution in [3.63, 3.8) is 0 Å². The topological polar surface area (TPSA) is 23.5 Å². The molecule has 2 rings (SSSR count). The zero-order valence-corrected chi connectivity index (χ0v) is 12.7. The highest BCUT2D eigenvalue weighted by Gasteiger charge is 2.39. The van der Waals surface area contributed by atoms with Crippen LogP contribution in [0.1, 0.15) is 55.9 Å². The van der Waals surface area contributed by atoms with Crippen LogP contribution in [0.15, 0.2) is 18.2 Å². The number of nitrogens with zero attached hydrogens (tertiary/aromatic N) is 1. The quantitative estimate of drug-likeness (QED) is 0.895. The lowest BCUT2D eigenvalue weighted by Gasteiger charge is -2.42. The summed E-state index contributed by atoms with van der Waals surface area (Å²) in [5.74, 6) is 0. The molecule has 0 amide bonds. The molecule has 0 aromatic heterocycles. The molecular weight excluding hydrogens is 234 g/mol. The SMILES string of the molecule is CCC(C)(C(O)c1cc(C)ccc1C)N1CCCC1. The van der Waals surface area contributed by atoms with Gasteiger partial charge in [-0.3, -0.25) is 4.90 Å². The van der Waals surface area contributed by atoms with E-state index in [-0.39, 0.29) is 5.54 Å². The van der Waals surface area contributed by atoms with Gasteiger partial charge in [-0.15, -0.1) is 0 Å². The predicted molar refractivity (Wildman–Crippen MR) is 80.4 cm³/mol. The zero-order chi connectivity index (χ0) is 14.0. The van der Waals surface area contributed by atoms with E-state index in [2.05, 4.69) is 50.8 Å². The molecule has 0 aliphatic carbocycles. The number of benzene rings is 1. The Hall–Kier alpha value is -0.860. The number of hydrogen-bond acceptors (Lipinski definition) is 2. The smallest absolute Gasteiger partial charge is 0.0973 e. The normalized spacial score (nSPS) is 21.3. The summed E-state index contributed by atoms with van der Waals surface area (Å²) in [6.45, 7) is 10.8. The maximum Gasteiger partial charge on any atom is 0.0973 e. The van der Waals surface area contributed by atoms with Crippen molar-refractivity contribution in [2.75, 3.05) is 13.1 Å². The van der Waals surface area contributed by atoms with Crippen molar-refractivity contribution >= 4 is 0 Å². The summed E-state index contributed by atoms with van der Waals surface area (Å²) in [5.41, 5.74) is 3.36. The van der Waals surface area contributed by atoms with Crippen molar-refractivity contribution in [2.45, 2.75) is 58.6 Å². The minimum atomic E-state index is -0.407. The van der Waals surface area contributed by atoms with E-state index < -0.39 is 6.10 Å². The van der Waals surface area contributed by atoms with Crippen molar-refractivity contribution in [1.29, 1.82) is 0 Å². The molecule has 19 heavy (non-hydrogen) atoms. The fourth-order valence-corrected chi connectivity index (χ4v) is 3.21. The molecule has 1 aliphatic rings. The molecule has 106 valence electrons. The first-order valence-corrected chi connectivity index (χ1v) is 7.49. The van der Waals surface area contributed by atoms with Crippen molar-refractivity contribution in [1.82, 2.24) is 4.90 Å². The van der Waals surface area contributed by atoms with Gasteiger partial charge in [0.2, 0.25) is 0 Å². The maximum atomic E-state index is 11.0. The third kappa shape index (κ3) is 2.70.